The van der Waals surface area contributed by atoms with Crippen molar-refractivity contribution in [2.24, 2.45) is 0 Å². The molecule has 0 saturated carbocycles. The van der Waals surface area contributed by atoms with Gasteiger partial charge in [0.2, 0.25) is 0 Å². The van der Waals surface area contributed by atoms with Crippen molar-refractivity contribution in [2.45, 2.75) is 25.8 Å². The lowest BCUT2D eigenvalue weighted by molar-refractivity contribution is -0.314. The molecule has 1 aliphatic heterocycles. The van der Waals surface area contributed by atoms with Crippen LogP contribution in [0.15, 0.2) is 29.6 Å². The Bertz CT molecular complexity index is 648. The highest BCUT2D eigenvalue weighted by Crippen LogP contribution is 2.64. The normalized spacial score (nSPS) is 21.4. The molecule has 1 N–H and O–H groups in total. The molecule has 0 radical (unpaired) electrons. The quantitative estimate of drug-likeness (QED) is 0.814. The van der Waals surface area contributed by atoms with E-state index in [9.17, 15) is 22.8 Å². The highest BCUT2D eigenvalue weighted by molar-refractivity contribution is 7.58. The Morgan fingerprint density at radius 3 is 2.30 bits per heavy atom. The molecule has 0 saturated heterocycles. The van der Waals surface area contributed by atoms with E-state index in [1.807, 2.05) is 0 Å². The number of benzene rings is 1. The van der Waals surface area contributed by atoms with Crippen molar-refractivity contribution < 1.29 is 36.6 Å². The van der Waals surface area contributed by atoms with Gasteiger partial charge in [-0.3, -0.25) is 4.57 Å². The van der Waals surface area contributed by atoms with Crippen LogP contribution in [0, 0.1) is 0 Å². The van der Waals surface area contributed by atoms with Crippen molar-refractivity contribution >= 4 is 13.7 Å². The molecule has 0 bridgehead atoms. The third kappa shape index (κ3) is 3.17. The number of hydrogen-bond donors (Lipinski definition) is 1. The molecule has 0 amide bonds. The zero-order chi connectivity index (χ0) is 17.3. The van der Waals surface area contributed by atoms with E-state index in [1.54, 1.807) is 6.07 Å². The molecule has 1 aliphatic rings. The summed E-state index contributed by atoms with van der Waals surface area (Å²) < 4.78 is 67.7. The predicted octanol–water partition coefficient (Wildman–Crippen LogP) is 3.94. The van der Waals surface area contributed by atoms with Gasteiger partial charge in [-0.15, -0.1) is 0 Å². The molecule has 1 aromatic carbocycles. The monoisotopic (exact) mass is 352 g/mol. The molecule has 0 spiro atoms. The van der Waals surface area contributed by atoms with E-state index in [0.29, 0.717) is 0 Å². The molecule has 1 atom stereocenters. The number of aliphatic hydroxyl groups is 1. The molecule has 5 nitrogen and oxygen atoms in total. The van der Waals surface area contributed by atoms with E-state index in [1.165, 1.54) is 32.0 Å². The molecule has 1 aromatic rings. The summed E-state index contributed by atoms with van der Waals surface area (Å²) in [6.07, 6.45) is -4.30. The maximum atomic E-state index is 13.4. The average molecular weight is 352 g/mol. The van der Waals surface area contributed by atoms with Crippen molar-refractivity contribution in [2.75, 3.05) is 13.2 Å². The lowest BCUT2D eigenvalue weighted by Crippen LogP contribution is -2.53. The fourth-order valence-electron chi connectivity index (χ4n) is 2.13. The summed E-state index contributed by atoms with van der Waals surface area (Å²) in [4.78, 5) is 0. The van der Waals surface area contributed by atoms with E-state index in [-0.39, 0.29) is 24.5 Å². The smallest absolute Gasteiger partial charge is 0.449 e. The number of alkyl halides is 3. The minimum absolute atomic E-state index is 0.162. The summed E-state index contributed by atoms with van der Waals surface area (Å²) in [7, 11) is -4.40. The fraction of sp³-hybridized carbons (Fsp3) is 0.429. The molecule has 2 rings (SSSR count). The van der Waals surface area contributed by atoms with Gasteiger partial charge in [0, 0.05) is 5.56 Å². The van der Waals surface area contributed by atoms with Gasteiger partial charge in [0.1, 0.15) is 11.1 Å². The minimum atomic E-state index is -5.24. The van der Waals surface area contributed by atoms with Crippen LogP contribution in [-0.2, 0) is 13.6 Å². The Kier molecular flexibility index (Phi) is 4.92. The average Bonchev–Trinajstić information content (AvgIpc) is 2.45. The summed E-state index contributed by atoms with van der Waals surface area (Å²) in [5.74, 6) is -3.98. The van der Waals surface area contributed by atoms with Crippen molar-refractivity contribution in [3.05, 3.63) is 35.1 Å². The van der Waals surface area contributed by atoms with Crippen LogP contribution in [0.1, 0.15) is 19.4 Å². The SMILES string of the molecule is CCOP(=O)(OCC)C1=Cc2ccccc2OC1(O)C(F)(F)F. The molecule has 0 aliphatic carbocycles. The Morgan fingerprint density at radius 1 is 1.22 bits per heavy atom. The van der Waals surface area contributed by atoms with Crippen LogP contribution in [0.5, 0.6) is 5.75 Å². The first kappa shape index (κ1) is 18.0. The highest BCUT2D eigenvalue weighted by Gasteiger charge is 2.65. The zero-order valence-electron chi connectivity index (χ0n) is 12.5. The maximum absolute atomic E-state index is 13.4. The highest BCUT2D eigenvalue weighted by atomic mass is 31.2. The van der Waals surface area contributed by atoms with Gasteiger partial charge in [0.15, 0.2) is 0 Å². The zero-order valence-corrected chi connectivity index (χ0v) is 13.4. The Hall–Kier alpha value is -1.34. The van der Waals surface area contributed by atoms with Crippen molar-refractivity contribution in [3.8, 4) is 5.75 Å². The molecule has 0 aromatic heterocycles. The van der Waals surface area contributed by atoms with Gasteiger partial charge in [-0.2, -0.15) is 13.2 Å². The summed E-state index contributed by atoms with van der Waals surface area (Å²) in [5, 5.41) is 9.17. The Labute approximate surface area is 131 Å². The number of fused-ring (bicyclic) bond motifs is 1. The molecule has 1 unspecified atom stereocenters. The second kappa shape index (κ2) is 6.28. The van der Waals surface area contributed by atoms with Crippen molar-refractivity contribution in [1.82, 2.24) is 0 Å². The molecule has 128 valence electrons. The predicted molar refractivity (Wildman–Crippen MR) is 76.9 cm³/mol. The van der Waals surface area contributed by atoms with Gasteiger partial charge < -0.3 is 18.9 Å². The van der Waals surface area contributed by atoms with Gasteiger partial charge in [-0.05, 0) is 26.0 Å². The number of hydrogen-bond acceptors (Lipinski definition) is 5. The van der Waals surface area contributed by atoms with Crippen LogP contribution in [-0.4, -0.2) is 30.3 Å². The van der Waals surface area contributed by atoms with Gasteiger partial charge in [0.25, 0.3) is 0 Å². The van der Waals surface area contributed by atoms with E-state index in [2.05, 4.69) is 0 Å². The summed E-state index contributed by atoms with van der Waals surface area (Å²) in [6.45, 7) is 2.58. The van der Waals surface area contributed by atoms with Gasteiger partial charge in [0.05, 0.1) is 13.2 Å². The molecular formula is C14H16F3O5P. The van der Waals surface area contributed by atoms with Gasteiger partial charge in [-0.25, -0.2) is 0 Å². The van der Waals surface area contributed by atoms with Crippen LogP contribution < -0.4 is 4.74 Å². The third-order valence-electron chi connectivity index (χ3n) is 3.09. The fourth-order valence-corrected chi connectivity index (χ4v) is 4.01. The van der Waals surface area contributed by atoms with Crippen molar-refractivity contribution in [3.63, 3.8) is 0 Å². The molecule has 1 heterocycles. The maximum Gasteiger partial charge on any atom is 0.460 e. The van der Waals surface area contributed by atoms with E-state index >= 15 is 0 Å². The Balaban J connectivity index is 2.67. The first-order chi connectivity index (χ1) is 10.7. The Morgan fingerprint density at radius 2 is 1.78 bits per heavy atom. The number of para-hydroxylation sites is 1. The summed E-state index contributed by atoms with van der Waals surface area (Å²) in [5.41, 5.74) is 0.232. The van der Waals surface area contributed by atoms with E-state index < -0.39 is 24.9 Å². The largest absolute Gasteiger partial charge is 0.460 e. The van der Waals surface area contributed by atoms with Crippen LogP contribution in [0.2, 0.25) is 0 Å². The molecular weight excluding hydrogens is 336 g/mol. The van der Waals surface area contributed by atoms with Gasteiger partial charge in [-0.1, -0.05) is 18.2 Å². The number of rotatable bonds is 5. The van der Waals surface area contributed by atoms with Crippen LogP contribution in [0.25, 0.3) is 6.08 Å². The van der Waals surface area contributed by atoms with E-state index in [4.69, 9.17) is 13.8 Å². The number of halogens is 3. The lowest BCUT2D eigenvalue weighted by atomic mass is 10.1. The second-order valence-corrected chi connectivity index (χ2v) is 6.64. The molecule has 9 heteroatoms. The summed E-state index contributed by atoms with van der Waals surface area (Å²) >= 11 is 0. The first-order valence-corrected chi connectivity index (χ1v) is 8.41. The number of ether oxygens (including phenoxy) is 1. The molecule has 0 fully saturated rings. The van der Waals surface area contributed by atoms with E-state index in [0.717, 1.165) is 6.08 Å². The van der Waals surface area contributed by atoms with Crippen LogP contribution in [0.3, 0.4) is 0 Å². The summed E-state index contributed by atoms with van der Waals surface area (Å²) in [6, 6.07) is 5.76. The van der Waals surface area contributed by atoms with Gasteiger partial charge >= 0.3 is 19.6 Å². The second-order valence-electron chi connectivity index (χ2n) is 4.64. The minimum Gasteiger partial charge on any atom is -0.449 e. The van der Waals surface area contributed by atoms with Crippen LogP contribution >= 0.6 is 7.60 Å². The van der Waals surface area contributed by atoms with Crippen molar-refractivity contribution in [1.29, 1.82) is 0 Å². The first-order valence-electron chi connectivity index (χ1n) is 6.87. The topological polar surface area (TPSA) is 65.0 Å². The third-order valence-corrected chi connectivity index (χ3v) is 5.31. The molecule has 23 heavy (non-hydrogen) atoms. The lowest BCUT2D eigenvalue weighted by Gasteiger charge is -2.37. The van der Waals surface area contributed by atoms with Crippen LogP contribution in [0.4, 0.5) is 13.2 Å². The standard InChI is InChI=1S/C14H16F3O5P/c1-3-20-23(19,21-4-2)12-9-10-7-5-6-8-11(10)22-13(12,18)14(15,16)17/h5-9,18H,3-4H2,1-2H3.